The molecule has 0 saturated carbocycles. The minimum absolute atomic E-state index is 0.0204. The highest BCUT2D eigenvalue weighted by atomic mass is 32.2. The molecule has 1 aliphatic heterocycles. The van der Waals surface area contributed by atoms with E-state index in [2.05, 4.69) is 10.6 Å². The maximum absolute atomic E-state index is 13.4. The highest BCUT2D eigenvalue weighted by molar-refractivity contribution is 7.85. The molecule has 2 heterocycles. The molecule has 2 aliphatic rings. The lowest BCUT2D eigenvalue weighted by Crippen LogP contribution is -2.37. The minimum atomic E-state index is -3.67. The van der Waals surface area contributed by atoms with Gasteiger partial charge in [0.1, 0.15) is 17.3 Å². The van der Waals surface area contributed by atoms with Gasteiger partial charge in [-0.1, -0.05) is 24.3 Å². The zero-order valence-electron chi connectivity index (χ0n) is 18.7. The lowest BCUT2D eigenvalue weighted by atomic mass is 9.83. The van der Waals surface area contributed by atoms with Crippen LogP contribution >= 0.6 is 0 Å². The van der Waals surface area contributed by atoms with Crippen molar-refractivity contribution in [2.75, 3.05) is 19.3 Å². The molecule has 0 unspecified atom stereocenters. The molecule has 1 saturated heterocycles. The van der Waals surface area contributed by atoms with Gasteiger partial charge in [-0.2, -0.15) is 8.42 Å². The number of phenols is 2. The minimum Gasteiger partial charge on any atom is -0.506 e. The van der Waals surface area contributed by atoms with Gasteiger partial charge in [0, 0.05) is 23.4 Å². The van der Waals surface area contributed by atoms with Gasteiger partial charge in [0.05, 0.1) is 28.5 Å². The number of benzene rings is 2. The normalized spacial score (nSPS) is 16.9. The topological polar surface area (TPSA) is 183 Å². The summed E-state index contributed by atoms with van der Waals surface area (Å²) < 4.78 is 31.4. The standard InChI is InChI=1S/C22H18N2O6.CH4O3S/c1-9-13(22(29)24-10-6-7-23-8-10)16-19(27)14-15(20(28)21(16)30-9)18(26)12-5-3-2-4-11(12)17(14)25;1-5(2,3)4/h2-5,10,23,25-26H,6-8H2,1H3,(H,24,29);1H3,(H,2,3,4)/t10-;/m0./s1. The predicted molar refractivity (Wildman–Crippen MR) is 124 cm³/mol. The average Bonchev–Trinajstić information content (AvgIpc) is 3.41. The molecule has 1 aromatic heterocycles. The van der Waals surface area contributed by atoms with E-state index in [-0.39, 0.29) is 50.6 Å². The highest BCUT2D eigenvalue weighted by Gasteiger charge is 2.42. The number of carbonyl (C=O) groups excluding carboxylic acids is 3. The number of carbonyl (C=O) groups is 3. The molecule has 11 nitrogen and oxygen atoms in total. The molecular weight excluding hydrogens is 480 g/mol. The van der Waals surface area contributed by atoms with Crippen molar-refractivity contribution in [3.63, 3.8) is 0 Å². The average molecular weight is 503 g/mol. The number of aryl methyl sites for hydroxylation is 1. The Kier molecular flexibility index (Phi) is 6.13. The number of aromatic hydroxyl groups is 2. The molecule has 1 aliphatic carbocycles. The van der Waals surface area contributed by atoms with Crippen LogP contribution in [0.5, 0.6) is 11.5 Å². The second-order valence-corrected chi connectivity index (χ2v) is 9.75. The second-order valence-electron chi connectivity index (χ2n) is 8.28. The number of ketones is 2. The summed E-state index contributed by atoms with van der Waals surface area (Å²) in [6, 6.07) is 6.28. The maximum atomic E-state index is 13.4. The van der Waals surface area contributed by atoms with E-state index in [0.717, 1.165) is 13.0 Å². The number of phenolic OH excluding ortho intramolecular Hbond substituents is 2. The maximum Gasteiger partial charge on any atom is 0.261 e. The Morgan fingerprint density at radius 1 is 1.06 bits per heavy atom. The van der Waals surface area contributed by atoms with E-state index in [9.17, 15) is 33.0 Å². The lowest BCUT2D eigenvalue weighted by Gasteiger charge is -2.19. The van der Waals surface area contributed by atoms with Crippen molar-refractivity contribution in [2.45, 2.75) is 19.4 Å². The molecule has 0 spiro atoms. The van der Waals surface area contributed by atoms with Crippen LogP contribution in [0.3, 0.4) is 0 Å². The molecule has 1 atom stereocenters. The fourth-order valence-electron chi connectivity index (χ4n) is 4.31. The number of hydrogen-bond acceptors (Lipinski definition) is 9. The van der Waals surface area contributed by atoms with Crippen LogP contribution in [-0.2, 0) is 10.1 Å². The summed E-state index contributed by atoms with van der Waals surface area (Å²) in [6.45, 7) is 2.89. The van der Waals surface area contributed by atoms with Gasteiger partial charge < -0.3 is 25.3 Å². The van der Waals surface area contributed by atoms with Crippen LogP contribution in [0.25, 0.3) is 10.8 Å². The monoisotopic (exact) mass is 502 g/mol. The molecule has 1 amide bonds. The largest absolute Gasteiger partial charge is 0.506 e. The summed E-state index contributed by atoms with van der Waals surface area (Å²) in [5, 5.41) is 27.9. The van der Waals surface area contributed by atoms with Gasteiger partial charge in [-0.05, 0) is 19.9 Å². The Balaban J connectivity index is 0.000000527. The summed E-state index contributed by atoms with van der Waals surface area (Å²) >= 11 is 0. The highest BCUT2D eigenvalue weighted by Crippen LogP contribution is 2.45. The molecule has 35 heavy (non-hydrogen) atoms. The Hall–Kier alpha value is -3.74. The van der Waals surface area contributed by atoms with Crippen LogP contribution in [0.4, 0.5) is 0 Å². The van der Waals surface area contributed by atoms with E-state index in [1.807, 2.05) is 0 Å². The Morgan fingerprint density at radius 2 is 1.60 bits per heavy atom. The van der Waals surface area contributed by atoms with Crippen LogP contribution < -0.4 is 10.6 Å². The van der Waals surface area contributed by atoms with E-state index < -0.39 is 39.1 Å². The van der Waals surface area contributed by atoms with Gasteiger partial charge in [0.2, 0.25) is 11.6 Å². The van der Waals surface area contributed by atoms with E-state index >= 15 is 0 Å². The lowest BCUT2D eigenvalue weighted by molar-refractivity contribution is 0.0926. The Morgan fingerprint density at radius 3 is 2.11 bits per heavy atom. The van der Waals surface area contributed by atoms with E-state index in [1.54, 1.807) is 24.3 Å². The molecule has 5 N–H and O–H groups in total. The van der Waals surface area contributed by atoms with Crippen molar-refractivity contribution < 1.29 is 42.0 Å². The number of fused-ring (bicyclic) bond motifs is 3. The zero-order chi connectivity index (χ0) is 25.7. The molecular formula is C23H22N2O9S. The quantitative estimate of drug-likeness (QED) is 0.199. The van der Waals surface area contributed by atoms with Crippen LogP contribution in [0.1, 0.15) is 54.6 Å². The zero-order valence-corrected chi connectivity index (χ0v) is 19.5. The van der Waals surface area contributed by atoms with E-state index in [0.29, 0.717) is 12.8 Å². The van der Waals surface area contributed by atoms with Crippen molar-refractivity contribution in [2.24, 2.45) is 0 Å². The molecule has 2 aromatic carbocycles. The smallest absolute Gasteiger partial charge is 0.261 e. The molecule has 0 bridgehead atoms. The number of rotatable bonds is 2. The van der Waals surface area contributed by atoms with Crippen molar-refractivity contribution in [1.29, 1.82) is 0 Å². The SMILES string of the molecule is CS(=O)(=O)O.Cc1oc2c(c1C(=O)N[C@H]1CCNC1)C(=O)c1c(c(O)c3ccccc3c1O)C2=O. The van der Waals surface area contributed by atoms with Gasteiger partial charge in [-0.3, -0.25) is 18.9 Å². The first-order valence-corrected chi connectivity index (χ1v) is 12.4. The Labute approximate surface area is 199 Å². The third-order valence-electron chi connectivity index (χ3n) is 5.76. The van der Waals surface area contributed by atoms with Crippen LogP contribution in [0.15, 0.2) is 28.7 Å². The van der Waals surface area contributed by atoms with Crippen LogP contribution in [0, 0.1) is 6.92 Å². The summed E-state index contributed by atoms with van der Waals surface area (Å²) in [4.78, 5) is 39.4. The summed E-state index contributed by atoms with van der Waals surface area (Å²) in [5.74, 6) is -2.98. The van der Waals surface area contributed by atoms with Gasteiger partial charge in [-0.25, -0.2) is 0 Å². The van der Waals surface area contributed by atoms with E-state index in [4.69, 9.17) is 8.97 Å². The molecule has 5 rings (SSSR count). The number of furan rings is 1. The van der Waals surface area contributed by atoms with Crippen LogP contribution in [0.2, 0.25) is 0 Å². The fraction of sp³-hybridized carbons (Fsp3) is 0.261. The molecule has 12 heteroatoms. The van der Waals surface area contributed by atoms with Crippen molar-refractivity contribution in [3.05, 3.63) is 58.0 Å². The van der Waals surface area contributed by atoms with Gasteiger partial charge in [0.15, 0.2) is 5.76 Å². The molecule has 184 valence electrons. The third-order valence-corrected chi connectivity index (χ3v) is 5.76. The molecule has 3 aromatic rings. The third kappa shape index (κ3) is 4.38. The summed E-state index contributed by atoms with van der Waals surface area (Å²) in [7, 11) is -3.67. The first-order valence-electron chi connectivity index (χ1n) is 10.5. The summed E-state index contributed by atoms with van der Waals surface area (Å²) in [5.41, 5.74) is -0.836. The Bertz CT molecular complexity index is 1490. The van der Waals surface area contributed by atoms with Gasteiger partial charge in [-0.15, -0.1) is 0 Å². The van der Waals surface area contributed by atoms with Crippen molar-refractivity contribution in [1.82, 2.24) is 10.6 Å². The molecule has 0 radical (unpaired) electrons. The first kappa shape index (κ1) is 24.4. The van der Waals surface area contributed by atoms with Gasteiger partial charge >= 0.3 is 0 Å². The van der Waals surface area contributed by atoms with Crippen LogP contribution in [-0.4, -0.2) is 66.0 Å². The summed E-state index contributed by atoms with van der Waals surface area (Å²) in [6.07, 6.45) is 1.47. The van der Waals surface area contributed by atoms with Gasteiger partial charge in [0.25, 0.3) is 16.0 Å². The second kappa shape index (κ2) is 8.80. The van der Waals surface area contributed by atoms with E-state index in [1.165, 1.54) is 6.92 Å². The predicted octanol–water partition coefficient (Wildman–Crippen LogP) is 1.52. The number of nitrogens with one attached hydrogen (secondary N) is 2. The first-order chi connectivity index (χ1) is 16.4. The number of hydrogen-bond donors (Lipinski definition) is 5. The molecule has 1 fully saturated rings. The fourth-order valence-corrected chi connectivity index (χ4v) is 4.31. The van der Waals surface area contributed by atoms with Crippen molar-refractivity contribution in [3.8, 4) is 11.5 Å². The number of amides is 1. The van der Waals surface area contributed by atoms with Crippen molar-refractivity contribution >= 4 is 38.4 Å².